The van der Waals surface area contributed by atoms with Gasteiger partial charge in [-0.1, -0.05) is 30.3 Å². The number of nitrogens with zero attached hydrogens (tertiary/aromatic N) is 1. The summed E-state index contributed by atoms with van der Waals surface area (Å²) in [6, 6.07) is 9.31. The van der Waals surface area contributed by atoms with Crippen molar-refractivity contribution in [3.8, 4) is 12.3 Å². The maximum Gasteiger partial charge on any atom is 0.238 e. The summed E-state index contributed by atoms with van der Waals surface area (Å²) in [5, 5.41) is 19.1. The highest BCUT2D eigenvalue weighted by Crippen LogP contribution is 2.12. The lowest BCUT2D eigenvalue weighted by atomic mass is 10.0. The third-order valence-corrected chi connectivity index (χ3v) is 2.82. The van der Waals surface area contributed by atoms with Crippen LogP contribution in [0, 0.1) is 12.3 Å². The van der Waals surface area contributed by atoms with E-state index in [-0.39, 0.29) is 12.6 Å². The normalized spacial score (nSPS) is 16.2. The molecule has 0 aliphatic rings. The van der Waals surface area contributed by atoms with Crippen molar-refractivity contribution >= 4 is 0 Å². The number of aliphatic hydroxyl groups is 2. The molecule has 0 bridgehead atoms. The fourth-order valence-corrected chi connectivity index (χ4v) is 1.59. The molecular weight excluding hydrogens is 216 g/mol. The fourth-order valence-electron chi connectivity index (χ4n) is 1.59. The first-order valence-corrected chi connectivity index (χ1v) is 5.38. The molecular formula is C13H18N2O2. The average Bonchev–Trinajstić information content (AvgIpc) is 2.36. The standard InChI is InChI=1S/C13H18N2O2/c1-3-13(14,17)15(2)12(10-16)9-11-7-5-4-6-8-11/h1,4-8,12,16-17H,9-10,14H2,2H3. The molecule has 4 N–H and O–H groups in total. The van der Waals surface area contributed by atoms with Crippen molar-refractivity contribution < 1.29 is 10.2 Å². The molecule has 0 fully saturated rings. The Morgan fingerprint density at radius 3 is 2.53 bits per heavy atom. The summed E-state index contributed by atoms with van der Waals surface area (Å²) in [6.45, 7) is -0.132. The molecule has 17 heavy (non-hydrogen) atoms. The Balaban J connectivity index is 2.77. The van der Waals surface area contributed by atoms with Gasteiger partial charge in [0, 0.05) is 6.04 Å². The van der Waals surface area contributed by atoms with Crippen molar-refractivity contribution in [1.82, 2.24) is 4.90 Å². The Labute approximate surface area is 102 Å². The SMILES string of the molecule is C#CC(N)(O)N(C)C(CO)Cc1ccccc1. The molecule has 0 radical (unpaired) electrons. The molecule has 1 aromatic carbocycles. The van der Waals surface area contributed by atoms with E-state index in [0.717, 1.165) is 5.56 Å². The van der Waals surface area contributed by atoms with E-state index >= 15 is 0 Å². The average molecular weight is 234 g/mol. The summed E-state index contributed by atoms with van der Waals surface area (Å²) in [4.78, 5) is 1.39. The minimum absolute atomic E-state index is 0.132. The number of aliphatic hydroxyl groups excluding tert-OH is 1. The van der Waals surface area contributed by atoms with Crippen molar-refractivity contribution in [2.45, 2.75) is 18.3 Å². The summed E-state index contributed by atoms with van der Waals surface area (Å²) in [5.74, 6) is 0.245. The lowest BCUT2D eigenvalue weighted by molar-refractivity contribution is -0.0724. The van der Waals surface area contributed by atoms with Crippen LogP contribution >= 0.6 is 0 Å². The summed E-state index contributed by atoms with van der Waals surface area (Å²) < 4.78 is 0. The van der Waals surface area contributed by atoms with Gasteiger partial charge in [0.05, 0.1) is 6.61 Å². The van der Waals surface area contributed by atoms with E-state index in [9.17, 15) is 10.2 Å². The van der Waals surface area contributed by atoms with E-state index in [2.05, 4.69) is 5.92 Å². The molecule has 1 rings (SSSR count). The quantitative estimate of drug-likeness (QED) is 0.486. The number of terminal acetylenes is 1. The maximum atomic E-state index is 9.73. The highest BCUT2D eigenvalue weighted by atomic mass is 16.3. The molecule has 1 aromatic rings. The second-order valence-corrected chi connectivity index (χ2v) is 4.01. The van der Waals surface area contributed by atoms with E-state index in [1.165, 1.54) is 4.90 Å². The number of hydrogen-bond donors (Lipinski definition) is 3. The molecule has 0 saturated heterocycles. The third kappa shape index (κ3) is 3.55. The van der Waals surface area contributed by atoms with Crippen molar-refractivity contribution in [2.75, 3.05) is 13.7 Å². The zero-order valence-corrected chi connectivity index (χ0v) is 9.87. The second kappa shape index (κ2) is 5.80. The van der Waals surface area contributed by atoms with E-state index in [4.69, 9.17) is 12.2 Å². The second-order valence-electron chi connectivity index (χ2n) is 4.01. The highest BCUT2D eigenvalue weighted by molar-refractivity contribution is 5.16. The molecule has 0 aliphatic heterocycles. The molecule has 0 spiro atoms. The lowest BCUT2D eigenvalue weighted by Gasteiger charge is -2.34. The fraction of sp³-hybridized carbons (Fsp3) is 0.385. The predicted octanol–water partition coefficient (Wildman–Crippen LogP) is -0.240. The number of benzene rings is 1. The predicted molar refractivity (Wildman–Crippen MR) is 66.8 cm³/mol. The van der Waals surface area contributed by atoms with Gasteiger partial charge in [0.15, 0.2) is 0 Å². The van der Waals surface area contributed by atoms with Crippen LogP contribution in [0.5, 0.6) is 0 Å². The Morgan fingerprint density at radius 2 is 2.06 bits per heavy atom. The number of rotatable bonds is 5. The molecule has 0 saturated carbocycles. The highest BCUT2D eigenvalue weighted by Gasteiger charge is 2.30. The van der Waals surface area contributed by atoms with Gasteiger partial charge >= 0.3 is 0 Å². The van der Waals surface area contributed by atoms with Crippen LogP contribution in [-0.4, -0.2) is 40.7 Å². The van der Waals surface area contributed by atoms with Gasteiger partial charge in [-0.25, -0.2) is 4.90 Å². The summed E-state index contributed by atoms with van der Waals surface area (Å²) in [7, 11) is 1.59. The van der Waals surface area contributed by atoms with Crippen LogP contribution in [0.3, 0.4) is 0 Å². The van der Waals surface area contributed by atoms with Crippen molar-refractivity contribution in [2.24, 2.45) is 5.73 Å². The summed E-state index contributed by atoms with van der Waals surface area (Å²) in [6.07, 6.45) is 5.71. The van der Waals surface area contributed by atoms with Gasteiger partial charge in [0.1, 0.15) is 0 Å². The minimum Gasteiger partial charge on any atom is -0.395 e. The number of nitrogens with two attached hydrogens (primary N) is 1. The van der Waals surface area contributed by atoms with E-state index in [0.29, 0.717) is 6.42 Å². The Bertz CT molecular complexity index is 384. The Kier molecular flexibility index (Phi) is 4.67. The first-order chi connectivity index (χ1) is 8.01. The molecule has 92 valence electrons. The molecule has 0 heterocycles. The number of hydrogen-bond acceptors (Lipinski definition) is 4. The Morgan fingerprint density at radius 1 is 1.47 bits per heavy atom. The van der Waals surface area contributed by atoms with Crippen LogP contribution in [0.1, 0.15) is 5.56 Å². The van der Waals surface area contributed by atoms with Gasteiger partial charge < -0.3 is 10.2 Å². The van der Waals surface area contributed by atoms with Gasteiger partial charge in [-0.05, 0) is 25.0 Å². The molecule has 0 amide bonds. The smallest absolute Gasteiger partial charge is 0.238 e. The van der Waals surface area contributed by atoms with E-state index in [1.807, 2.05) is 30.3 Å². The molecule has 4 nitrogen and oxygen atoms in total. The van der Waals surface area contributed by atoms with Crippen LogP contribution < -0.4 is 5.73 Å². The van der Waals surface area contributed by atoms with Crippen LogP contribution in [-0.2, 0) is 6.42 Å². The number of likely N-dealkylation sites (N-methyl/N-ethyl adjacent to an activating group) is 1. The van der Waals surface area contributed by atoms with Crippen molar-refractivity contribution in [3.63, 3.8) is 0 Å². The molecule has 4 heteroatoms. The Hall–Kier alpha value is -1.38. The van der Waals surface area contributed by atoms with Gasteiger partial charge in [0.25, 0.3) is 0 Å². The summed E-state index contributed by atoms with van der Waals surface area (Å²) in [5.41, 5.74) is 6.57. The lowest BCUT2D eigenvalue weighted by Crippen LogP contribution is -2.58. The molecule has 2 unspecified atom stereocenters. The van der Waals surface area contributed by atoms with Crippen molar-refractivity contribution in [3.05, 3.63) is 35.9 Å². The maximum absolute atomic E-state index is 9.73. The van der Waals surface area contributed by atoms with E-state index < -0.39 is 5.85 Å². The van der Waals surface area contributed by atoms with Crippen LogP contribution in [0.4, 0.5) is 0 Å². The largest absolute Gasteiger partial charge is 0.395 e. The van der Waals surface area contributed by atoms with Crippen LogP contribution in [0.2, 0.25) is 0 Å². The van der Waals surface area contributed by atoms with Gasteiger partial charge in [-0.3, -0.25) is 5.73 Å². The van der Waals surface area contributed by atoms with E-state index in [1.54, 1.807) is 7.05 Å². The minimum atomic E-state index is -1.85. The zero-order chi connectivity index (χ0) is 12.9. The zero-order valence-electron chi connectivity index (χ0n) is 9.87. The van der Waals surface area contributed by atoms with Crippen molar-refractivity contribution in [1.29, 1.82) is 0 Å². The topological polar surface area (TPSA) is 69.7 Å². The summed E-state index contributed by atoms with van der Waals surface area (Å²) >= 11 is 0. The third-order valence-electron chi connectivity index (χ3n) is 2.82. The van der Waals surface area contributed by atoms with Gasteiger partial charge in [-0.2, -0.15) is 0 Å². The monoisotopic (exact) mass is 234 g/mol. The van der Waals surface area contributed by atoms with Crippen LogP contribution in [0.25, 0.3) is 0 Å². The van der Waals surface area contributed by atoms with Gasteiger partial charge in [-0.15, -0.1) is 6.42 Å². The molecule has 0 aliphatic carbocycles. The molecule has 2 atom stereocenters. The molecule has 0 aromatic heterocycles. The van der Waals surface area contributed by atoms with Gasteiger partial charge in [0.2, 0.25) is 5.85 Å². The van der Waals surface area contributed by atoms with Crippen LogP contribution in [0.15, 0.2) is 30.3 Å². The first kappa shape index (κ1) is 13.7. The first-order valence-electron chi connectivity index (χ1n) is 5.38.